The second-order valence-electron chi connectivity index (χ2n) is 20.5. The number of hydrogen-bond acceptors (Lipinski definition) is 8. The van der Waals surface area contributed by atoms with Crippen LogP contribution >= 0.6 is 0 Å². The van der Waals surface area contributed by atoms with Crippen molar-refractivity contribution >= 4 is 39.7 Å². The standard InChI is InChI=1S/C44H75N7O7S/c1-11-24-49(10)59(57,58)48-40(56)44(26-31(44)12-2)47-37(53)33-27-43(9,42(8)22-18-23-42)28-51(33)39(55)35(41(5,6)7)46-38(54)34(30-19-14-13-15-20-30)45-36(52)32-21-16-17-25-50(32)29(3)4/h12,29-35H,2,11,13-28H2,1,3-10H3,(H,45,52)(H,46,54)(H,47,53)(H,48,56)/t31-,32+,33+,34+,35-,43-,44-/m1/s1. The first-order valence-electron chi connectivity index (χ1n) is 22.4. The number of rotatable bonds is 16. The first kappa shape index (κ1) is 47.0. The zero-order chi connectivity index (χ0) is 43.7. The molecule has 5 amide bonds. The number of carbonyl (C=O) groups excluding carboxylic acids is 5. The maximum absolute atomic E-state index is 15.2. The smallest absolute Gasteiger partial charge is 0.303 e. The highest BCUT2D eigenvalue weighted by Crippen LogP contribution is 2.59. The van der Waals surface area contributed by atoms with Gasteiger partial charge in [-0.15, -0.1) is 6.58 Å². The van der Waals surface area contributed by atoms with Crippen molar-refractivity contribution in [2.75, 3.05) is 26.7 Å². The minimum absolute atomic E-state index is 0.0732. The molecule has 2 heterocycles. The van der Waals surface area contributed by atoms with E-state index in [0.29, 0.717) is 12.8 Å². The van der Waals surface area contributed by atoms with Crippen LogP contribution in [0.4, 0.5) is 0 Å². The predicted molar refractivity (Wildman–Crippen MR) is 229 cm³/mol. The molecule has 5 aliphatic rings. The molecule has 0 aromatic heterocycles. The number of piperidine rings is 1. The van der Waals surface area contributed by atoms with E-state index < -0.39 is 74.3 Å². The highest BCUT2D eigenvalue weighted by atomic mass is 32.2. The fourth-order valence-corrected chi connectivity index (χ4v) is 11.4. The second-order valence-corrected chi connectivity index (χ2v) is 22.2. The number of likely N-dealkylation sites (tertiary alicyclic amines) is 2. The highest BCUT2D eigenvalue weighted by Gasteiger charge is 2.63. The van der Waals surface area contributed by atoms with E-state index in [1.807, 2.05) is 27.7 Å². The largest absolute Gasteiger partial charge is 0.343 e. The van der Waals surface area contributed by atoms with Gasteiger partial charge in [0.25, 0.3) is 5.91 Å². The van der Waals surface area contributed by atoms with E-state index in [2.05, 4.69) is 59.8 Å². The fourth-order valence-electron chi connectivity index (χ4n) is 10.4. The minimum atomic E-state index is -4.17. The molecule has 334 valence electrons. The molecule has 0 bridgehead atoms. The third kappa shape index (κ3) is 9.87. The lowest BCUT2D eigenvalue weighted by Gasteiger charge is -2.51. The van der Waals surface area contributed by atoms with Crippen LogP contribution in [0.5, 0.6) is 0 Å². The third-order valence-corrected chi connectivity index (χ3v) is 16.3. The molecule has 0 unspecified atom stereocenters. The van der Waals surface area contributed by atoms with Gasteiger partial charge in [-0.2, -0.15) is 12.7 Å². The van der Waals surface area contributed by atoms with Crippen molar-refractivity contribution in [1.82, 2.24) is 34.8 Å². The summed E-state index contributed by atoms with van der Waals surface area (Å²) < 4.78 is 29.3. The summed E-state index contributed by atoms with van der Waals surface area (Å²) in [4.78, 5) is 76.1. The van der Waals surface area contributed by atoms with Crippen LogP contribution in [0.15, 0.2) is 12.7 Å². The van der Waals surface area contributed by atoms with Gasteiger partial charge in [0.1, 0.15) is 23.7 Å². The van der Waals surface area contributed by atoms with Crippen LogP contribution in [-0.2, 0) is 34.2 Å². The van der Waals surface area contributed by atoms with E-state index in [4.69, 9.17) is 0 Å². The van der Waals surface area contributed by atoms with Gasteiger partial charge in [-0.05, 0) is 100 Å². The van der Waals surface area contributed by atoms with Crippen LogP contribution in [-0.4, -0.2) is 114 Å². The summed E-state index contributed by atoms with van der Waals surface area (Å²) in [6.45, 7) is 21.1. The van der Waals surface area contributed by atoms with Crippen LogP contribution in [0.3, 0.4) is 0 Å². The van der Waals surface area contributed by atoms with Gasteiger partial charge in [-0.3, -0.25) is 28.9 Å². The number of nitrogens with one attached hydrogen (secondary N) is 4. The van der Waals surface area contributed by atoms with Gasteiger partial charge in [0, 0.05) is 32.1 Å². The Morgan fingerprint density at radius 3 is 2.07 bits per heavy atom. The molecule has 15 heteroatoms. The third-order valence-electron chi connectivity index (χ3n) is 14.9. The quantitative estimate of drug-likeness (QED) is 0.165. The van der Waals surface area contributed by atoms with E-state index >= 15 is 4.79 Å². The number of hydrogen-bond donors (Lipinski definition) is 4. The molecule has 5 rings (SSSR count). The van der Waals surface area contributed by atoms with Crippen LogP contribution in [0, 0.1) is 28.1 Å². The lowest BCUT2D eigenvalue weighted by Crippen LogP contribution is -2.63. The molecule has 7 atom stereocenters. The second kappa shape index (κ2) is 18.1. The lowest BCUT2D eigenvalue weighted by atomic mass is 9.54. The average Bonchev–Trinajstić information content (AvgIpc) is 3.77. The Balaban J connectivity index is 1.43. The number of carbonyl (C=O) groups is 5. The zero-order valence-corrected chi connectivity index (χ0v) is 38.3. The van der Waals surface area contributed by atoms with E-state index in [9.17, 15) is 27.6 Å². The first-order chi connectivity index (χ1) is 27.5. The molecule has 0 radical (unpaired) electrons. The van der Waals surface area contributed by atoms with Gasteiger partial charge in [0.2, 0.25) is 23.6 Å². The Bertz CT molecular complexity index is 1700. The monoisotopic (exact) mass is 846 g/mol. The molecule has 5 fully saturated rings. The van der Waals surface area contributed by atoms with Gasteiger partial charge in [-0.25, -0.2) is 4.72 Å². The van der Waals surface area contributed by atoms with Crippen LogP contribution in [0.1, 0.15) is 145 Å². The van der Waals surface area contributed by atoms with Gasteiger partial charge >= 0.3 is 10.2 Å². The average molecular weight is 846 g/mol. The van der Waals surface area contributed by atoms with Crippen LogP contribution in [0.2, 0.25) is 0 Å². The summed E-state index contributed by atoms with van der Waals surface area (Å²) in [5.41, 5.74) is -2.90. The number of amides is 5. The molecule has 3 aliphatic carbocycles. The molecule has 14 nitrogen and oxygen atoms in total. The molecular weight excluding hydrogens is 771 g/mol. The van der Waals surface area contributed by atoms with E-state index in [1.165, 1.54) is 7.05 Å². The SMILES string of the molecule is C=C[C@@H]1C[C@]1(NC(=O)[C@@H]1C[C@@](C)(C2(C)CCC2)CN1C(=O)[C@@H](NC(=O)[C@@H](NC(=O)[C@@H]1CCCCN1C(C)C)C1CCCCC1)C(C)(C)C)C(=O)NS(=O)(=O)N(C)CCC. The maximum atomic E-state index is 15.2. The van der Waals surface area contributed by atoms with Crippen molar-refractivity contribution in [3.8, 4) is 0 Å². The summed E-state index contributed by atoms with van der Waals surface area (Å²) in [7, 11) is -2.78. The Morgan fingerprint density at radius 2 is 1.53 bits per heavy atom. The Morgan fingerprint density at radius 1 is 0.881 bits per heavy atom. The normalized spacial score (nSPS) is 29.9. The fraction of sp³-hybridized carbons (Fsp3) is 0.841. The van der Waals surface area contributed by atoms with Crippen molar-refractivity contribution in [3.63, 3.8) is 0 Å². The molecule has 2 aliphatic heterocycles. The molecule has 3 saturated carbocycles. The summed E-state index contributed by atoms with van der Waals surface area (Å²) in [5.74, 6) is -2.91. The topological polar surface area (TPSA) is 177 Å². The van der Waals surface area contributed by atoms with Gasteiger partial charge in [0.15, 0.2) is 0 Å². The zero-order valence-electron chi connectivity index (χ0n) is 37.5. The van der Waals surface area contributed by atoms with Crippen molar-refractivity contribution in [3.05, 3.63) is 12.7 Å². The lowest BCUT2D eigenvalue weighted by molar-refractivity contribution is -0.145. The highest BCUT2D eigenvalue weighted by molar-refractivity contribution is 7.87. The predicted octanol–water partition coefficient (Wildman–Crippen LogP) is 4.41. The van der Waals surface area contributed by atoms with Gasteiger partial charge in [0.05, 0.1) is 6.04 Å². The molecular formula is C44H75N7O7S. The molecule has 2 saturated heterocycles. The van der Waals surface area contributed by atoms with Crippen molar-refractivity contribution in [2.45, 2.75) is 181 Å². The van der Waals surface area contributed by atoms with E-state index in [-0.39, 0.29) is 48.8 Å². The van der Waals surface area contributed by atoms with Crippen LogP contribution < -0.4 is 20.7 Å². The Labute approximate surface area is 354 Å². The van der Waals surface area contributed by atoms with Crippen molar-refractivity contribution in [1.29, 1.82) is 0 Å². The van der Waals surface area contributed by atoms with E-state index in [0.717, 1.165) is 81.5 Å². The van der Waals surface area contributed by atoms with Crippen molar-refractivity contribution < 1.29 is 32.4 Å². The molecule has 0 aromatic rings. The Kier molecular flexibility index (Phi) is 14.4. The summed E-state index contributed by atoms with van der Waals surface area (Å²) in [6.07, 6.45) is 12.8. The molecule has 4 N–H and O–H groups in total. The Hall–Kier alpha value is -3.04. The van der Waals surface area contributed by atoms with E-state index in [1.54, 1.807) is 11.0 Å². The summed E-state index contributed by atoms with van der Waals surface area (Å²) in [6, 6.07) is -2.98. The summed E-state index contributed by atoms with van der Waals surface area (Å²) in [5, 5.41) is 9.24. The summed E-state index contributed by atoms with van der Waals surface area (Å²) >= 11 is 0. The van der Waals surface area contributed by atoms with Gasteiger partial charge in [-0.1, -0.05) is 79.7 Å². The van der Waals surface area contributed by atoms with Gasteiger partial charge < -0.3 is 20.9 Å². The molecule has 0 aromatic carbocycles. The molecule has 59 heavy (non-hydrogen) atoms. The minimum Gasteiger partial charge on any atom is -0.343 e. The van der Waals surface area contributed by atoms with Crippen molar-refractivity contribution in [2.24, 2.45) is 28.1 Å². The number of nitrogens with zero attached hydrogens (tertiary/aromatic N) is 3. The molecule has 0 spiro atoms. The first-order valence-corrected chi connectivity index (χ1v) is 23.9. The van der Waals surface area contributed by atoms with Crippen LogP contribution in [0.25, 0.3) is 0 Å². The maximum Gasteiger partial charge on any atom is 0.303 e.